The van der Waals surface area contributed by atoms with E-state index in [2.05, 4.69) is 25.5 Å². The van der Waals surface area contributed by atoms with Gasteiger partial charge in [0.2, 0.25) is 11.9 Å². The van der Waals surface area contributed by atoms with Crippen molar-refractivity contribution in [2.24, 2.45) is 5.10 Å². The van der Waals surface area contributed by atoms with Crippen molar-refractivity contribution >= 4 is 52.5 Å². The molecule has 1 aliphatic rings. The second-order valence-electron chi connectivity index (χ2n) is 6.69. The van der Waals surface area contributed by atoms with E-state index in [1.807, 2.05) is 0 Å². The van der Waals surface area contributed by atoms with Gasteiger partial charge in [0.25, 0.3) is 5.56 Å². The van der Waals surface area contributed by atoms with E-state index in [4.69, 9.17) is 33.7 Å². The number of fused-ring (bicyclic) bond motifs is 1. The van der Waals surface area contributed by atoms with E-state index in [0.717, 1.165) is 0 Å². The highest BCUT2D eigenvalue weighted by molar-refractivity contribution is 6.36. The monoisotopic (exact) mass is 469 g/mol. The first kappa shape index (κ1) is 21.5. The number of hydrogen-bond acceptors (Lipinski definition) is 10. The SMILES string of the molecule is Nc1nc2c(nc(N/N=C\c3ccc(Cl)cc3Cl)n2[C@@H]2O[C@H](CO)[C@@H](O)[C@@H]2O)c(=O)[nH]1. The van der Waals surface area contributed by atoms with Gasteiger partial charge in [0.05, 0.1) is 17.8 Å². The largest absolute Gasteiger partial charge is 0.394 e. The summed E-state index contributed by atoms with van der Waals surface area (Å²) < 4.78 is 6.78. The second kappa shape index (κ2) is 8.42. The molecule has 0 bridgehead atoms. The Bertz CT molecular complexity index is 1210. The van der Waals surface area contributed by atoms with Crippen molar-refractivity contribution in [1.29, 1.82) is 0 Å². The number of aliphatic hydroxyl groups excluding tert-OH is 3. The normalized spacial score (nSPS) is 23.8. The van der Waals surface area contributed by atoms with Crippen LogP contribution in [0.5, 0.6) is 0 Å². The minimum atomic E-state index is -1.45. The maximum absolute atomic E-state index is 12.3. The first-order chi connectivity index (χ1) is 14.8. The number of benzene rings is 1. The summed E-state index contributed by atoms with van der Waals surface area (Å²) >= 11 is 12.0. The number of nitrogens with zero attached hydrogens (tertiary/aromatic N) is 4. The van der Waals surface area contributed by atoms with E-state index in [-0.39, 0.29) is 23.1 Å². The number of rotatable bonds is 5. The number of nitrogen functional groups attached to an aromatic ring is 1. The van der Waals surface area contributed by atoms with Crippen LogP contribution in [0.1, 0.15) is 11.8 Å². The molecular formula is C17H17Cl2N7O5. The first-order valence-corrected chi connectivity index (χ1v) is 9.70. The Hall–Kier alpha value is -2.74. The molecule has 164 valence electrons. The lowest BCUT2D eigenvalue weighted by Crippen LogP contribution is -2.33. The molecule has 0 aliphatic carbocycles. The molecule has 0 radical (unpaired) electrons. The number of hydrazone groups is 1. The lowest BCUT2D eigenvalue weighted by atomic mass is 10.1. The van der Waals surface area contributed by atoms with E-state index in [9.17, 15) is 20.1 Å². The van der Waals surface area contributed by atoms with Gasteiger partial charge < -0.3 is 25.8 Å². The smallest absolute Gasteiger partial charge is 0.280 e. The summed E-state index contributed by atoms with van der Waals surface area (Å²) in [6, 6.07) is 4.83. The highest BCUT2D eigenvalue weighted by Crippen LogP contribution is 2.34. The van der Waals surface area contributed by atoms with Crippen LogP contribution in [0.25, 0.3) is 11.2 Å². The lowest BCUT2D eigenvalue weighted by molar-refractivity contribution is -0.0501. The van der Waals surface area contributed by atoms with Gasteiger partial charge in [-0.3, -0.25) is 14.3 Å². The molecule has 4 rings (SSSR count). The second-order valence-corrected chi connectivity index (χ2v) is 7.54. The molecule has 7 N–H and O–H groups in total. The van der Waals surface area contributed by atoms with Gasteiger partial charge in [-0.15, -0.1) is 0 Å². The standard InChI is InChI=1S/C17H17Cl2N7O5/c18-7-2-1-6(8(19)3-7)4-21-25-17-22-10-13(23-16(20)24-14(10)30)26(17)15-12(29)11(28)9(5-27)31-15/h1-4,9,11-12,15,27-29H,5H2,(H,22,25)(H3,20,23,24,30)/b21-4-/t9-,11-,12+,15-/m1/s1. The van der Waals surface area contributed by atoms with Crippen molar-refractivity contribution in [2.45, 2.75) is 24.5 Å². The van der Waals surface area contributed by atoms with Crippen molar-refractivity contribution < 1.29 is 20.1 Å². The molecular weight excluding hydrogens is 453 g/mol. The number of ether oxygens (including phenoxy) is 1. The Morgan fingerprint density at radius 2 is 2.10 bits per heavy atom. The maximum Gasteiger partial charge on any atom is 0.280 e. The van der Waals surface area contributed by atoms with Crippen molar-refractivity contribution in [3.05, 3.63) is 44.2 Å². The van der Waals surface area contributed by atoms with Gasteiger partial charge in [-0.05, 0) is 12.1 Å². The fraction of sp³-hybridized carbons (Fsp3) is 0.294. The molecule has 14 heteroatoms. The van der Waals surface area contributed by atoms with Crippen LogP contribution >= 0.6 is 23.2 Å². The topological polar surface area (TPSA) is 184 Å². The number of halogens is 2. The van der Waals surface area contributed by atoms with Gasteiger partial charge in [0.15, 0.2) is 17.4 Å². The summed E-state index contributed by atoms with van der Waals surface area (Å²) in [5.74, 6) is -0.219. The number of aliphatic hydroxyl groups is 3. The summed E-state index contributed by atoms with van der Waals surface area (Å²) in [5, 5.41) is 34.8. The molecule has 12 nitrogen and oxygen atoms in total. The van der Waals surface area contributed by atoms with Crippen LogP contribution in [0, 0.1) is 0 Å². The van der Waals surface area contributed by atoms with Gasteiger partial charge in [0, 0.05) is 10.6 Å². The van der Waals surface area contributed by atoms with Gasteiger partial charge in [-0.25, -0.2) is 10.4 Å². The third kappa shape index (κ3) is 3.96. The van der Waals surface area contributed by atoms with Crippen LogP contribution in [-0.2, 0) is 4.74 Å². The van der Waals surface area contributed by atoms with E-state index in [1.165, 1.54) is 10.8 Å². The van der Waals surface area contributed by atoms with E-state index in [0.29, 0.717) is 15.6 Å². The third-order valence-electron chi connectivity index (χ3n) is 4.67. The summed E-state index contributed by atoms with van der Waals surface area (Å²) in [6.45, 7) is -0.534. The van der Waals surface area contributed by atoms with Gasteiger partial charge in [-0.2, -0.15) is 10.1 Å². The maximum atomic E-state index is 12.3. The zero-order valence-corrected chi connectivity index (χ0v) is 17.1. The molecule has 31 heavy (non-hydrogen) atoms. The number of H-pyrrole nitrogens is 1. The Labute approximate surface area is 183 Å². The Morgan fingerprint density at radius 1 is 1.32 bits per heavy atom. The van der Waals surface area contributed by atoms with Crippen molar-refractivity contribution in [1.82, 2.24) is 19.5 Å². The Balaban J connectivity index is 1.76. The van der Waals surface area contributed by atoms with Gasteiger partial charge in [-0.1, -0.05) is 29.3 Å². The summed E-state index contributed by atoms with van der Waals surface area (Å²) in [5.41, 5.74) is 8.10. The fourth-order valence-electron chi connectivity index (χ4n) is 3.18. The van der Waals surface area contributed by atoms with Crippen molar-refractivity contribution in [2.75, 3.05) is 17.8 Å². The number of aromatic amines is 1. The van der Waals surface area contributed by atoms with E-state index >= 15 is 0 Å². The van der Waals surface area contributed by atoms with E-state index < -0.39 is 36.7 Å². The average Bonchev–Trinajstić information content (AvgIpc) is 3.21. The molecule has 2 aromatic heterocycles. The van der Waals surface area contributed by atoms with E-state index in [1.54, 1.807) is 18.2 Å². The number of nitrogens with two attached hydrogens (primary N) is 1. The lowest BCUT2D eigenvalue weighted by Gasteiger charge is -2.18. The summed E-state index contributed by atoms with van der Waals surface area (Å²) in [4.78, 5) is 22.8. The van der Waals surface area contributed by atoms with Gasteiger partial charge in [0.1, 0.15) is 18.3 Å². The molecule has 1 fully saturated rings. The van der Waals surface area contributed by atoms with Crippen LogP contribution < -0.4 is 16.7 Å². The molecule has 3 aromatic rings. The highest BCUT2D eigenvalue weighted by Gasteiger charge is 2.45. The third-order valence-corrected chi connectivity index (χ3v) is 5.23. The highest BCUT2D eigenvalue weighted by atomic mass is 35.5. The molecule has 4 atom stereocenters. The number of imidazole rings is 1. The molecule has 1 aliphatic heterocycles. The predicted molar refractivity (Wildman–Crippen MR) is 113 cm³/mol. The zero-order valence-electron chi connectivity index (χ0n) is 15.6. The summed E-state index contributed by atoms with van der Waals surface area (Å²) in [7, 11) is 0. The van der Waals surface area contributed by atoms with Crippen LogP contribution in [0.15, 0.2) is 28.1 Å². The molecule has 0 spiro atoms. The quantitative estimate of drug-likeness (QED) is 0.222. The van der Waals surface area contributed by atoms with Crippen LogP contribution in [-0.4, -0.2) is 66.0 Å². The average molecular weight is 470 g/mol. The van der Waals surface area contributed by atoms with Crippen LogP contribution in [0.4, 0.5) is 11.9 Å². The Kier molecular flexibility index (Phi) is 5.83. The molecule has 1 saturated heterocycles. The van der Waals surface area contributed by atoms with Crippen LogP contribution in [0.3, 0.4) is 0 Å². The number of nitrogens with one attached hydrogen (secondary N) is 2. The molecule has 3 heterocycles. The Morgan fingerprint density at radius 3 is 2.77 bits per heavy atom. The minimum Gasteiger partial charge on any atom is -0.394 e. The zero-order chi connectivity index (χ0) is 22.3. The molecule has 0 amide bonds. The first-order valence-electron chi connectivity index (χ1n) is 8.94. The minimum absolute atomic E-state index is 0.0154. The van der Waals surface area contributed by atoms with Crippen molar-refractivity contribution in [3.63, 3.8) is 0 Å². The van der Waals surface area contributed by atoms with Gasteiger partial charge >= 0.3 is 0 Å². The molecule has 0 unspecified atom stereocenters. The number of anilines is 2. The number of hydrogen-bond donors (Lipinski definition) is 6. The molecule has 0 saturated carbocycles. The fourth-order valence-corrected chi connectivity index (χ4v) is 3.64. The molecule has 1 aromatic carbocycles. The number of aromatic nitrogens is 4. The van der Waals surface area contributed by atoms with Crippen LogP contribution in [0.2, 0.25) is 10.0 Å². The predicted octanol–water partition coefficient (Wildman–Crippen LogP) is 0.0661. The summed E-state index contributed by atoms with van der Waals surface area (Å²) in [6.07, 6.45) is -3.72. The van der Waals surface area contributed by atoms with Crippen molar-refractivity contribution in [3.8, 4) is 0 Å².